The van der Waals surface area contributed by atoms with Gasteiger partial charge in [0.1, 0.15) is 0 Å². The molecule has 0 radical (unpaired) electrons. The first-order valence-electron chi connectivity index (χ1n) is 5.30. The Hall–Kier alpha value is -1.57. The fraction of sp³-hybridized carbons (Fsp3) is 0.273. The number of nitrogens with two attached hydrogens (primary N) is 1. The Morgan fingerprint density at radius 1 is 1.32 bits per heavy atom. The number of aromatic nitrogens is 2. The minimum atomic E-state index is -4.24. The predicted molar refractivity (Wildman–Crippen MR) is 66.2 cm³/mol. The van der Waals surface area contributed by atoms with E-state index in [-0.39, 0.29) is 18.1 Å². The number of alkyl halides is 3. The molecule has 0 saturated heterocycles. The van der Waals surface area contributed by atoms with E-state index in [0.29, 0.717) is 11.3 Å². The molecule has 1 aromatic heterocycles. The summed E-state index contributed by atoms with van der Waals surface area (Å²) in [5.41, 5.74) is 6.67. The lowest BCUT2D eigenvalue weighted by atomic mass is 10.2. The summed E-state index contributed by atoms with van der Waals surface area (Å²) in [6.45, 7) is 0. The average molecular weight is 336 g/mol. The van der Waals surface area contributed by atoms with Crippen molar-refractivity contribution >= 4 is 21.6 Å². The normalized spacial score (nSPS) is 11.8. The van der Waals surface area contributed by atoms with Gasteiger partial charge >= 0.3 is 6.18 Å². The summed E-state index contributed by atoms with van der Waals surface area (Å²) in [6, 6.07) is 5.03. The largest absolute Gasteiger partial charge is 0.398 e. The number of anilines is 1. The molecule has 1 aromatic carbocycles. The van der Waals surface area contributed by atoms with E-state index in [1.165, 1.54) is 0 Å². The van der Waals surface area contributed by atoms with E-state index in [1.807, 2.05) is 0 Å². The molecule has 19 heavy (non-hydrogen) atoms. The molecule has 2 aromatic rings. The molecule has 2 N–H and O–H groups in total. The first-order valence-corrected chi connectivity index (χ1v) is 6.09. The van der Waals surface area contributed by atoms with Crippen LogP contribution in [0.1, 0.15) is 12.2 Å². The van der Waals surface area contributed by atoms with Crippen LogP contribution in [-0.2, 0) is 6.42 Å². The number of hydrogen-bond donors (Lipinski definition) is 1. The SMILES string of the molecule is Nc1cc(Br)ccc1-c1nc(CCC(F)(F)F)no1. The zero-order valence-electron chi connectivity index (χ0n) is 9.54. The molecule has 0 saturated carbocycles. The molecule has 1 heterocycles. The maximum Gasteiger partial charge on any atom is 0.389 e. The maximum atomic E-state index is 12.1. The van der Waals surface area contributed by atoms with Crippen LogP contribution in [0.3, 0.4) is 0 Å². The first kappa shape index (κ1) is 13.9. The highest BCUT2D eigenvalue weighted by molar-refractivity contribution is 9.10. The van der Waals surface area contributed by atoms with Crippen LogP contribution < -0.4 is 5.73 Å². The van der Waals surface area contributed by atoms with Crippen LogP contribution in [0.15, 0.2) is 27.2 Å². The molecule has 0 aliphatic carbocycles. The molecule has 0 aliphatic heterocycles. The van der Waals surface area contributed by atoms with Gasteiger partial charge < -0.3 is 10.3 Å². The Morgan fingerprint density at radius 2 is 2.05 bits per heavy atom. The number of aryl methyl sites for hydroxylation is 1. The highest BCUT2D eigenvalue weighted by Gasteiger charge is 2.27. The third-order valence-electron chi connectivity index (χ3n) is 2.34. The van der Waals surface area contributed by atoms with Crippen LogP contribution in [0.5, 0.6) is 0 Å². The van der Waals surface area contributed by atoms with Gasteiger partial charge in [0.2, 0.25) is 0 Å². The predicted octanol–water partition coefficient (Wildman–Crippen LogP) is 3.58. The minimum absolute atomic E-state index is 0.00893. The first-order chi connectivity index (χ1) is 8.85. The van der Waals surface area contributed by atoms with Crippen LogP contribution in [-0.4, -0.2) is 16.3 Å². The second-order valence-corrected chi connectivity index (χ2v) is 4.78. The summed E-state index contributed by atoms with van der Waals surface area (Å²) in [5, 5.41) is 3.51. The summed E-state index contributed by atoms with van der Waals surface area (Å²) in [6.07, 6.45) is -5.54. The van der Waals surface area contributed by atoms with Crippen molar-refractivity contribution in [2.24, 2.45) is 0 Å². The standard InChI is InChI=1S/C11H9BrF3N3O/c12-6-1-2-7(8(16)5-6)10-17-9(18-19-10)3-4-11(13,14)15/h1-2,5H,3-4,16H2. The second-order valence-electron chi connectivity index (χ2n) is 3.86. The van der Waals surface area contributed by atoms with Gasteiger partial charge in [0, 0.05) is 16.6 Å². The van der Waals surface area contributed by atoms with Crippen LogP contribution in [0, 0.1) is 0 Å². The lowest BCUT2D eigenvalue weighted by Gasteiger charge is -2.02. The second kappa shape index (κ2) is 5.20. The van der Waals surface area contributed by atoms with Gasteiger partial charge in [-0.05, 0) is 18.2 Å². The van der Waals surface area contributed by atoms with Crippen LogP contribution in [0.4, 0.5) is 18.9 Å². The van der Waals surface area contributed by atoms with Gasteiger partial charge in [-0.2, -0.15) is 18.2 Å². The molecule has 0 spiro atoms. The van der Waals surface area contributed by atoms with Crippen LogP contribution >= 0.6 is 15.9 Å². The van der Waals surface area contributed by atoms with Crippen molar-refractivity contribution in [2.75, 3.05) is 5.73 Å². The zero-order valence-corrected chi connectivity index (χ0v) is 11.1. The fourth-order valence-electron chi connectivity index (χ4n) is 1.45. The zero-order chi connectivity index (χ0) is 14.0. The van der Waals surface area contributed by atoms with Gasteiger partial charge in [-0.25, -0.2) is 0 Å². The summed E-state index contributed by atoms with van der Waals surface area (Å²) in [5.74, 6) is 0.122. The smallest absolute Gasteiger partial charge is 0.389 e. The third-order valence-corrected chi connectivity index (χ3v) is 2.84. The van der Waals surface area contributed by atoms with E-state index < -0.39 is 12.6 Å². The van der Waals surface area contributed by atoms with Gasteiger partial charge in [0.25, 0.3) is 5.89 Å². The van der Waals surface area contributed by atoms with Crippen molar-refractivity contribution in [3.05, 3.63) is 28.5 Å². The summed E-state index contributed by atoms with van der Waals surface area (Å²) in [4.78, 5) is 3.90. The number of hydrogen-bond acceptors (Lipinski definition) is 4. The van der Waals surface area contributed by atoms with Gasteiger partial charge in [-0.3, -0.25) is 0 Å². The number of halogens is 4. The monoisotopic (exact) mass is 335 g/mol. The van der Waals surface area contributed by atoms with Gasteiger partial charge in [0.15, 0.2) is 5.82 Å². The molecule has 102 valence electrons. The van der Waals surface area contributed by atoms with E-state index in [0.717, 1.165) is 4.47 Å². The molecule has 0 fully saturated rings. The van der Waals surface area contributed by atoms with Crippen molar-refractivity contribution in [3.8, 4) is 11.5 Å². The van der Waals surface area contributed by atoms with E-state index >= 15 is 0 Å². The van der Waals surface area contributed by atoms with Gasteiger partial charge in [0.05, 0.1) is 12.0 Å². The Morgan fingerprint density at radius 3 is 2.68 bits per heavy atom. The van der Waals surface area contributed by atoms with Crippen molar-refractivity contribution in [2.45, 2.75) is 19.0 Å². The lowest BCUT2D eigenvalue weighted by molar-refractivity contribution is -0.134. The molecule has 0 amide bonds. The van der Waals surface area contributed by atoms with E-state index in [9.17, 15) is 13.2 Å². The van der Waals surface area contributed by atoms with Crippen molar-refractivity contribution in [1.82, 2.24) is 10.1 Å². The summed E-state index contributed by atoms with van der Waals surface area (Å²) < 4.78 is 41.9. The molecule has 0 atom stereocenters. The average Bonchev–Trinajstić information content (AvgIpc) is 2.74. The van der Waals surface area contributed by atoms with E-state index in [1.54, 1.807) is 18.2 Å². The Labute approximate surface area is 114 Å². The third kappa shape index (κ3) is 3.69. The molecule has 4 nitrogen and oxygen atoms in total. The molecule has 0 aliphatic rings. The summed E-state index contributed by atoms with van der Waals surface area (Å²) in [7, 11) is 0. The lowest BCUT2D eigenvalue weighted by Crippen LogP contribution is -2.09. The Kier molecular flexibility index (Phi) is 3.79. The summed E-state index contributed by atoms with van der Waals surface area (Å²) >= 11 is 3.25. The molecule has 0 bridgehead atoms. The maximum absolute atomic E-state index is 12.1. The van der Waals surface area contributed by atoms with E-state index in [2.05, 4.69) is 26.1 Å². The Balaban J connectivity index is 2.16. The minimum Gasteiger partial charge on any atom is -0.398 e. The quantitative estimate of drug-likeness (QED) is 0.870. The van der Waals surface area contributed by atoms with Gasteiger partial charge in [-0.1, -0.05) is 21.1 Å². The van der Waals surface area contributed by atoms with E-state index in [4.69, 9.17) is 10.3 Å². The van der Waals surface area contributed by atoms with Gasteiger partial charge in [-0.15, -0.1) is 0 Å². The molecular formula is C11H9BrF3N3O. The topological polar surface area (TPSA) is 64.9 Å². The number of nitrogens with zero attached hydrogens (tertiary/aromatic N) is 2. The molecule has 2 rings (SSSR count). The fourth-order valence-corrected chi connectivity index (χ4v) is 1.83. The molecule has 0 unspecified atom stereocenters. The molecule has 8 heteroatoms. The highest BCUT2D eigenvalue weighted by Crippen LogP contribution is 2.28. The van der Waals surface area contributed by atoms with Crippen molar-refractivity contribution in [3.63, 3.8) is 0 Å². The number of nitrogen functional groups attached to an aromatic ring is 1. The van der Waals surface area contributed by atoms with Crippen LogP contribution in [0.25, 0.3) is 11.5 Å². The van der Waals surface area contributed by atoms with Crippen molar-refractivity contribution in [1.29, 1.82) is 0 Å². The highest BCUT2D eigenvalue weighted by atomic mass is 79.9. The number of rotatable bonds is 3. The van der Waals surface area contributed by atoms with Crippen LogP contribution in [0.2, 0.25) is 0 Å². The van der Waals surface area contributed by atoms with Crippen molar-refractivity contribution < 1.29 is 17.7 Å². The Bertz CT molecular complexity index is 583. The molecular weight excluding hydrogens is 327 g/mol. The number of benzene rings is 1.